The number of nitrogens with two attached hydrogens (primary N) is 1. The number of nitrogens with zero attached hydrogens (tertiary/aromatic N) is 2. The van der Waals surface area contributed by atoms with Crippen LogP contribution in [0.25, 0.3) is 0 Å². The predicted octanol–water partition coefficient (Wildman–Crippen LogP) is -0.444. The zero-order valence-electron chi connectivity index (χ0n) is 8.10. The molecule has 0 aromatic carbocycles. The number of carboxylic acid groups (broad SMARTS) is 1. The van der Waals surface area contributed by atoms with E-state index in [0.717, 1.165) is 0 Å². The lowest BCUT2D eigenvalue weighted by Crippen LogP contribution is -2.21. The van der Waals surface area contributed by atoms with Crippen molar-refractivity contribution in [3.05, 3.63) is 11.8 Å². The Labute approximate surface area is 81.3 Å². The number of methoxy groups -OCH3 is 1. The van der Waals surface area contributed by atoms with Gasteiger partial charge in [-0.25, -0.2) is 0 Å². The van der Waals surface area contributed by atoms with E-state index in [4.69, 9.17) is 15.6 Å². The third-order valence-corrected chi connectivity index (χ3v) is 1.92. The number of aryl methyl sites for hydroxylation is 1. The second-order valence-corrected chi connectivity index (χ2v) is 2.89. The van der Waals surface area contributed by atoms with E-state index >= 15 is 0 Å². The van der Waals surface area contributed by atoms with E-state index in [-0.39, 0.29) is 6.54 Å². The fourth-order valence-electron chi connectivity index (χ4n) is 1.24. The standard InChI is InChI=1S/C8H13N3O3/c1-11-4-6(7(10-11)14-2)5(3-9)8(12)13/h4-5H,3,9H2,1-2H3,(H,12,13). The number of ether oxygens (including phenoxy) is 1. The molecule has 0 saturated heterocycles. The molecule has 1 unspecified atom stereocenters. The van der Waals surface area contributed by atoms with Crippen LogP contribution in [0.2, 0.25) is 0 Å². The maximum atomic E-state index is 10.8. The first-order valence-corrected chi connectivity index (χ1v) is 4.10. The molecule has 0 spiro atoms. The van der Waals surface area contributed by atoms with Crippen LogP contribution < -0.4 is 10.5 Å². The summed E-state index contributed by atoms with van der Waals surface area (Å²) in [6, 6.07) is 0. The quantitative estimate of drug-likeness (QED) is 0.685. The number of hydrogen-bond donors (Lipinski definition) is 2. The summed E-state index contributed by atoms with van der Waals surface area (Å²) in [4.78, 5) is 10.8. The Morgan fingerprint density at radius 1 is 1.86 bits per heavy atom. The summed E-state index contributed by atoms with van der Waals surface area (Å²) < 4.78 is 6.45. The van der Waals surface area contributed by atoms with Crippen molar-refractivity contribution in [2.75, 3.05) is 13.7 Å². The highest BCUT2D eigenvalue weighted by Crippen LogP contribution is 2.24. The first kappa shape index (κ1) is 10.5. The van der Waals surface area contributed by atoms with Crippen molar-refractivity contribution in [2.45, 2.75) is 5.92 Å². The molecule has 6 heteroatoms. The summed E-state index contributed by atoms with van der Waals surface area (Å²) in [6.45, 7) is 0.0252. The van der Waals surface area contributed by atoms with E-state index in [1.54, 1.807) is 13.2 Å². The Balaban J connectivity index is 3.08. The summed E-state index contributed by atoms with van der Waals surface area (Å²) in [5.74, 6) is -1.43. The van der Waals surface area contributed by atoms with Crippen molar-refractivity contribution < 1.29 is 14.6 Å². The van der Waals surface area contributed by atoms with E-state index in [1.165, 1.54) is 11.8 Å². The van der Waals surface area contributed by atoms with Crippen LogP contribution in [-0.4, -0.2) is 34.5 Å². The van der Waals surface area contributed by atoms with Crippen molar-refractivity contribution in [1.29, 1.82) is 0 Å². The second kappa shape index (κ2) is 4.10. The Morgan fingerprint density at radius 3 is 2.93 bits per heavy atom. The number of aliphatic carboxylic acids is 1. The molecule has 0 aliphatic carbocycles. The molecular formula is C8H13N3O3. The first-order valence-electron chi connectivity index (χ1n) is 4.10. The van der Waals surface area contributed by atoms with Gasteiger partial charge in [0.2, 0.25) is 5.88 Å². The van der Waals surface area contributed by atoms with Crippen molar-refractivity contribution in [1.82, 2.24) is 9.78 Å². The molecule has 0 saturated carbocycles. The normalized spacial score (nSPS) is 12.5. The van der Waals surface area contributed by atoms with Gasteiger partial charge in [0, 0.05) is 25.4 Å². The van der Waals surface area contributed by atoms with E-state index in [0.29, 0.717) is 11.4 Å². The molecule has 78 valence electrons. The Kier molecular flexibility index (Phi) is 3.08. The summed E-state index contributed by atoms with van der Waals surface area (Å²) in [6.07, 6.45) is 1.60. The van der Waals surface area contributed by atoms with Crippen LogP contribution in [0.3, 0.4) is 0 Å². The van der Waals surface area contributed by atoms with E-state index < -0.39 is 11.9 Å². The molecule has 14 heavy (non-hydrogen) atoms. The van der Waals surface area contributed by atoms with Gasteiger partial charge in [-0.2, -0.15) is 0 Å². The zero-order chi connectivity index (χ0) is 10.7. The SMILES string of the molecule is COc1nn(C)cc1C(CN)C(=O)O. The van der Waals surface area contributed by atoms with E-state index in [2.05, 4.69) is 5.10 Å². The van der Waals surface area contributed by atoms with Gasteiger partial charge < -0.3 is 15.6 Å². The van der Waals surface area contributed by atoms with Crippen molar-refractivity contribution >= 4 is 5.97 Å². The molecule has 1 atom stereocenters. The van der Waals surface area contributed by atoms with Crippen molar-refractivity contribution in [2.24, 2.45) is 12.8 Å². The minimum Gasteiger partial charge on any atom is -0.481 e. The molecule has 1 rings (SSSR count). The number of aromatic nitrogens is 2. The van der Waals surface area contributed by atoms with Crippen LogP contribution in [0.15, 0.2) is 6.20 Å². The van der Waals surface area contributed by atoms with Crippen LogP contribution in [0.1, 0.15) is 11.5 Å². The Bertz CT molecular complexity index is 335. The largest absolute Gasteiger partial charge is 0.481 e. The molecular weight excluding hydrogens is 186 g/mol. The van der Waals surface area contributed by atoms with Gasteiger partial charge in [-0.1, -0.05) is 0 Å². The van der Waals surface area contributed by atoms with Crippen LogP contribution in [0.5, 0.6) is 5.88 Å². The molecule has 1 aromatic heterocycles. The third kappa shape index (κ3) is 1.85. The molecule has 1 heterocycles. The molecule has 1 aromatic rings. The molecule has 0 bridgehead atoms. The third-order valence-electron chi connectivity index (χ3n) is 1.92. The summed E-state index contributed by atoms with van der Waals surface area (Å²) in [7, 11) is 3.14. The molecule has 0 radical (unpaired) electrons. The average Bonchev–Trinajstić information content (AvgIpc) is 2.47. The maximum Gasteiger partial charge on any atom is 0.312 e. The van der Waals surface area contributed by atoms with Gasteiger partial charge in [-0.3, -0.25) is 9.48 Å². The summed E-state index contributed by atoms with van der Waals surface area (Å²) >= 11 is 0. The minimum atomic E-state index is -0.973. The molecule has 3 N–H and O–H groups in total. The number of rotatable bonds is 4. The van der Waals surface area contributed by atoms with Gasteiger partial charge in [0.05, 0.1) is 7.11 Å². The topological polar surface area (TPSA) is 90.4 Å². The van der Waals surface area contributed by atoms with Gasteiger partial charge in [-0.15, -0.1) is 5.10 Å². The monoisotopic (exact) mass is 199 g/mol. The lowest BCUT2D eigenvalue weighted by Gasteiger charge is -2.07. The number of carboxylic acids is 1. The van der Waals surface area contributed by atoms with Crippen LogP contribution in [-0.2, 0) is 11.8 Å². The average molecular weight is 199 g/mol. The smallest absolute Gasteiger partial charge is 0.312 e. The first-order chi connectivity index (χ1) is 6.60. The van der Waals surface area contributed by atoms with Gasteiger partial charge in [0.15, 0.2) is 0 Å². The number of carbonyl (C=O) groups is 1. The fraction of sp³-hybridized carbons (Fsp3) is 0.500. The highest BCUT2D eigenvalue weighted by atomic mass is 16.5. The van der Waals surface area contributed by atoms with Crippen molar-refractivity contribution in [3.8, 4) is 5.88 Å². The summed E-state index contributed by atoms with van der Waals surface area (Å²) in [5.41, 5.74) is 5.87. The zero-order valence-corrected chi connectivity index (χ0v) is 8.10. The van der Waals surface area contributed by atoms with Gasteiger partial charge in [0.25, 0.3) is 0 Å². The highest BCUT2D eigenvalue weighted by molar-refractivity contribution is 5.77. The highest BCUT2D eigenvalue weighted by Gasteiger charge is 2.24. The van der Waals surface area contributed by atoms with Crippen molar-refractivity contribution in [3.63, 3.8) is 0 Å². The molecule has 6 nitrogen and oxygen atoms in total. The molecule has 0 aliphatic rings. The fourth-order valence-corrected chi connectivity index (χ4v) is 1.24. The van der Waals surface area contributed by atoms with Crippen LogP contribution in [0, 0.1) is 0 Å². The summed E-state index contributed by atoms with van der Waals surface area (Å²) in [5, 5.41) is 12.8. The van der Waals surface area contributed by atoms with E-state index in [9.17, 15) is 4.79 Å². The molecule has 0 amide bonds. The lowest BCUT2D eigenvalue weighted by molar-refractivity contribution is -0.138. The lowest BCUT2D eigenvalue weighted by atomic mass is 10.0. The molecule has 0 aliphatic heterocycles. The Hall–Kier alpha value is -1.56. The Morgan fingerprint density at radius 2 is 2.50 bits per heavy atom. The second-order valence-electron chi connectivity index (χ2n) is 2.89. The predicted molar refractivity (Wildman–Crippen MR) is 49.2 cm³/mol. The van der Waals surface area contributed by atoms with Gasteiger partial charge in [-0.05, 0) is 0 Å². The van der Waals surface area contributed by atoms with Crippen LogP contribution >= 0.6 is 0 Å². The maximum absolute atomic E-state index is 10.8. The number of hydrogen-bond acceptors (Lipinski definition) is 4. The molecule has 0 fully saturated rings. The van der Waals surface area contributed by atoms with Gasteiger partial charge in [0.1, 0.15) is 5.92 Å². The van der Waals surface area contributed by atoms with E-state index in [1.807, 2.05) is 0 Å². The van der Waals surface area contributed by atoms with Crippen LogP contribution in [0.4, 0.5) is 0 Å². The van der Waals surface area contributed by atoms with Gasteiger partial charge >= 0.3 is 5.97 Å². The minimum absolute atomic E-state index is 0.0252.